The lowest BCUT2D eigenvalue weighted by molar-refractivity contribution is 0.104. The minimum Gasteiger partial charge on any atom is -0.487 e. The van der Waals surface area contributed by atoms with Gasteiger partial charge in [0.25, 0.3) is 0 Å². The van der Waals surface area contributed by atoms with Gasteiger partial charge in [-0.3, -0.25) is 0 Å². The van der Waals surface area contributed by atoms with Crippen LogP contribution < -0.4 is 15.4 Å². The molecular weight excluding hydrogens is 436 g/mol. The van der Waals surface area contributed by atoms with Crippen LogP contribution in [-0.2, 0) is 15.9 Å². The minimum atomic E-state index is -0.456. The summed E-state index contributed by atoms with van der Waals surface area (Å²) in [5.74, 6) is 0.637. The fourth-order valence-corrected chi connectivity index (χ4v) is 3.49. The van der Waals surface area contributed by atoms with Crippen molar-refractivity contribution in [3.8, 4) is 5.75 Å². The van der Waals surface area contributed by atoms with Gasteiger partial charge in [0.1, 0.15) is 12.4 Å². The van der Waals surface area contributed by atoms with Crippen LogP contribution in [0.15, 0.2) is 21.1 Å². The van der Waals surface area contributed by atoms with Crippen LogP contribution in [0.4, 0.5) is 9.59 Å². The van der Waals surface area contributed by atoms with E-state index < -0.39 is 12.2 Å². The second kappa shape index (κ2) is 8.39. The molecule has 9 heteroatoms. The van der Waals surface area contributed by atoms with Gasteiger partial charge in [-0.2, -0.15) is 0 Å². The highest BCUT2D eigenvalue weighted by Crippen LogP contribution is 2.35. The molecule has 1 saturated heterocycles. The lowest BCUT2D eigenvalue weighted by Crippen LogP contribution is -2.25. The summed E-state index contributed by atoms with van der Waals surface area (Å²) in [5.41, 5.74) is 1.02. The molecule has 7 nitrogen and oxygen atoms in total. The number of carbonyl (C=O) groups is 2. The Morgan fingerprint density at radius 3 is 2.70 bits per heavy atom. The fraction of sp³-hybridized carbons (Fsp3) is 0.429. The maximum atomic E-state index is 11.0. The molecule has 1 aliphatic heterocycles. The highest BCUT2D eigenvalue weighted by molar-refractivity contribution is 9.11. The molecule has 1 aliphatic rings. The third-order valence-corrected chi connectivity index (χ3v) is 4.27. The Morgan fingerprint density at radius 1 is 1.43 bits per heavy atom. The summed E-state index contributed by atoms with van der Waals surface area (Å²) in [7, 11) is 1.33. The topological polar surface area (TPSA) is 85.9 Å². The highest BCUT2D eigenvalue weighted by Gasteiger charge is 2.23. The molecule has 1 fully saturated rings. The average Bonchev–Trinajstić information content (AvgIpc) is 2.91. The molecular formula is C14H16Br2N2O5. The van der Waals surface area contributed by atoms with Gasteiger partial charge in [0.05, 0.1) is 22.6 Å². The van der Waals surface area contributed by atoms with Gasteiger partial charge in [0.2, 0.25) is 0 Å². The molecule has 0 radical (unpaired) electrons. The van der Waals surface area contributed by atoms with Crippen molar-refractivity contribution >= 4 is 44.0 Å². The van der Waals surface area contributed by atoms with Crippen molar-refractivity contribution in [2.45, 2.75) is 12.5 Å². The highest BCUT2D eigenvalue weighted by atomic mass is 79.9. The summed E-state index contributed by atoms with van der Waals surface area (Å²) in [4.78, 5) is 22.0. The minimum absolute atomic E-state index is 0.263. The van der Waals surface area contributed by atoms with Gasteiger partial charge in [0, 0.05) is 6.54 Å². The summed E-state index contributed by atoms with van der Waals surface area (Å²) in [5, 5.41) is 5.19. The monoisotopic (exact) mass is 450 g/mol. The van der Waals surface area contributed by atoms with Crippen LogP contribution in [0.5, 0.6) is 5.75 Å². The molecule has 2 N–H and O–H groups in total. The summed E-state index contributed by atoms with van der Waals surface area (Å²) in [6.07, 6.45) is -0.533. The van der Waals surface area contributed by atoms with E-state index in [2.05, 4.69) is 47.2 Å². The number of halogens is 2. The number of benzene rings is 1. The molecule has 1 unspecified atom stereocenters. The molecule has 23 heavy (non-hydrogen) atoms. The number of ether oxygens (including phenoxy) is 3. The van der Waals surface area contributed by atoms with Gasteiger partial charge in [-0.25, -0.2) is 9.59 Å². The average molecular weight is 452 g/mol. The third-order valence-electron chi connectivity index (χ3n) is 3.09. The van der Waals surface area contributed by atoms with Crippen LogP contribution in [0, 0.1) is 0 Å². The zero-order valence-electron chi connectivity index (χ0n) is 12.4. The van der Waals surface area contributed by atoms with E-state index in [1.54, 1.807) is 0 Å². The fourth-order valence-electron chi connectivity index (χ4n) is 1.98. The van der Waals surface area contributed by atoms with Crippen LogP contribution in [0.25, 0.3) is 0 Å². The molecule has 1 aromatic carbocycles. The van der Waals surface area contributed by atoms with Gasteiger partial charge >= 0.3 is 12.2 Å². The summed E-state index contributed by atoms with van der Waals surface area (Å²) in [6, 6.07) is 3.83. The SMILES string of the molecule is COC(=O)NCCc1cc(Br)c(OCC2CNC(=O)O2)c(Br)c1. The maximum absolute atomic E-state index is 11.0. The Morgan fingerprint density at radius 2 is 2.13 bits per heavy atom. The first-order valence-electron chi connectivity index (χ1n) is 6.86. The smallest absolute Gasteiger partial charge is 0.407 e. The van der Waals surface area contributed by atoms with Crippen molar-refractivity contribution in [3.63, 3.8) is 0 Å². The van der Waals surface area contributed by atoms with Crippen molar-refractivity contribution in [2.24, 2.45) is 0 Å². The van der Waals surface area contributed by atoms with E-state index in [0.717, 1.165) is 14.5 Å². The molecule has 0 bridgehead atoms. The van der Waals surface area contributed by atoms with Crippen molar-refractivity contribution in [3.05, 3.63) is 26.6 Å². The molecule has 1 heterocycles. The number of amides is 2. The Labute approximate surface area is 150 Å². The largest absolute Gasteiger partial charge is 0.487 e. The molecule has 0 spiro atoms. The quantitative estimate of drug-likeness (QED) is 0.694. The number of hydrogen-bond acceptors (Lipinski definition) is 5. The standard InChI is InChI=1S/C14H16Br2N2O5/c1-21-13(19)17-3-2-8-4-10(15)12(11(16)5-8)22-7-9-6-18-14(20)23-9/h4-5,9H,2-3,6-7H2,1H3,(H,17,19)(H,18,20). The molecule has 126 valence electrons. The van der Waals surface area contributed by atoms with Crippen LogP contribution in [0.3, 0.4) is 0 Å². The summed E-state index contributed by atoms with van der Waals surface area (Å²) < 4.78 is 16.8. The van der Waals surface area contributed by atoms with Gasteiger partial charge in [-0.15, -0.1) is 0 Å². The first-order valence-corrected chi connectivity index (χ1v) is 8.45. The number of hydrogen-bond donors (Lipinski definition) is 2. The Hall–Kier alpha value is -1.48. The molecule has 0 aromatic heterocycles. The zero-order chi connectivity index (χ0) is 16.8. The van der Waals surface area contributed by atoms with E-state index >= 15 is 0 Å². The van der Waals surface area contributed by atoms with E-state index in [4.69, 9.17) is 9.47 Å². The van der Waals surface area contributed by atoms with Gasteiger partial charge in [-0.1, -0.05) is 0 Å². The maximum Gasteiger partial charge on any atom is 0.407 e. The zero-order valence-corrected chi connectivity index (χ0v) is 15.5. The molecule has 0 saturated carbocycles. The Balaban J connectivity index is 1.91. The van der Waals surface area contributed by atoms with Crippen molar-refractivity contribution < 1.29 is 23.8 Å². The Bertz CT molecular complexity index is 574. The van der Waals surface area contributed by atoms with E-state index in [1.807, 2.05) is 12.1 Å². The lowest BCUT2D eigenvalue weighted by Gasteiger charge is -2.14. The summed E-state index contributed by atoms with van der Waals surface area (Å²) >= 11 is 6.93. The van der Waals surface area contributed by atoms with Crippen LogP contribution in [0.1, 0.15) is 5.56 Å². The normalized spacial score (nSPS) is 16.5. The summed E-state index contributed by atoms with van der Waals surface area (Å²) in [6.45, 7) is 1.17. The number of nitrogens with one attached hydrogen (secondary N) is 2. The Kier molecular flexibility index (Phi) is 6.52. The van der Waals surface area contributed by atoms with Gasteiger partial charge in [-0.05, 0) is 56.0 Å². The van der Waals surface area contributed by atoms with Crippen LogP contribution in [-0.4, -0.2) is 45.1 Å². The number of cyclic esters (lactones) is 1. The van der Waals surface area contributed by atoms with Gasteiger partial charge < -0.3 is 24.8 Å². The number of alkyl carbamates (subject to hydrolysis) is 2. The molecule has 1 atom stereocenters. The third kappa shape index (κ3) is 5.28. The van der Waals surface area contributed by atoms with E-state index in [0.29, 0.717) is 25.3 Å². The number of methoxy groups -OCH3 is 1. The van der Waals surface area contributed by atoms with Crippen LogP contribution in [0.2, 0.25) is 0 Å². The second-order valence-corrected chi connectivity index (χ2v) is 6.48. The number of rotatable bonds is 6. The van der Waals surface area contributed by atoms with Crippen molar-refractivity contribution in [1.29, 1.82) is 0 Å². The van der Waals surface area contributed by atoms with Crippen LogP contribution >= 0.6 is 31.9 Å². The van der Waals surface area contributed by atoms with Crippen molar-refractivity contribution in [1.82, 2.24) is 10.6 Å². The second-order valence-electron chi connectivity index (χ2n) is 4.78. The first kappa shape index (κ1) is 17.9. The lowest BCUT2D eigenvalue weighted by atomic mass is 10.1. The van der Waals surface area contributed by atoms with Crippen molar-refractivity contribution in [2.75, 3.05) is 26.8 Å². The molecule has 2 rings (SSSR count). The van der Waals surface area contributed by atoms with E-state index in [9.17, 15) is 9.59 Å². The van der Waals surface area contributed by atoms with E-state index in [1.165, 1.54) is 7.11 Å². The van der Waals surface area contributed by atoms with E-state index in [-0.39, 0.29) is 12.7 Å². The van der Waals surface area contributed by atoms with Gasteiger partial charge in [0.15, 0.2) is 6.10 Å². The molecule has 1 aromatic rings. The predicted molar refractivity (Wildman–Crippen MR) is 89.7 cm³/mol. The molecule has 2 amide bonds. The molecule has 0 aliphatic carbocycles. The first-order chi connectivity index (χ1) is 11.0. The number of carbonyl (C=O) groups excluding carboxylic acids is 2. The predicted octanol–water partition coefficient (Wildman–Crippen LogP) is 2.60.